The lowest BCUT2D eigenvalue weighted by atomic mass is 9.91. The maximum atomic E-state index is 12.5. The quantitative estimate of drug-likeness (QED) is 0.897. The highest BCUT2D eigenvalue weighted by Gasteiger charge is 2.42. The standard InChI is InChI=1S/C19H23N5O2/c1-13-5-6-18(23-22-13)24-9-7-14-10-16(26-17(14)12-24)19(25)21-11-15-4-2-3-8-20-15/h2-6,8,14,16-17H,7,9-12H2,1H3,(H,21,25)/t14-,16+,17+/m1/s1. The van der Waals surface area contributed by atoms with Crippen LogP contribution in [0.4, 0.5) is 5.82 Å². The lowest BCUT2D eigenvalue weighted by molar-refractivity contribution is -0.132. The Balaban J connectivity index is 1.32. The van der Waals surface area contributed by atoms with E-state index in [1.807, 2.05) is 37.3 Å². The molecule has 1 amide bonds. The minimum absolute atomic E-state index is 0.0493. The number of hydrogen-bond donors (Lipinski definition) is 1. The summed E-state index contributed by atoms with van der Waals surface area (Å²) in [6, 6.07) is 9.64. The predicted octanol–water partition coefficient (Wildman–Crippen LogP) is 1.48. The monoisotopic (exact) mass is 353 g/mol. The van der Waals surface area contributed by atoms with Gasteiger partial charge in [-0.25, -0.2) is 0 Å². The van der Waals surface area contributed by atoms with Crippen molar-refractivity contribution in [3.8, 4) is 0 Å². The largest absolute Gasteiger partial charge is 0.363 e. The third kappa shape index (κ3) is 3.67. The predicted molar refractivity (Wildman–Crippen MR) is 96.5 cm³/mol. The molecule has 0 spiro atoms. The number of nitrogens with one attached hydrogen (secondary N) is 1. The molecule has 1 N–H and O–H groups in total. The zero-order valence-corrected chi connectivity index (χ0v) is 14.8. The van der Waals surface area contributed by atoms with Gasteiger partial charge in [0.15, 0.2) is 5.82 Å². The van der Waals surface area contributed by atoms with E-state index in [9.17, 15) is 4.79 Å². The van der Waals surface area contributed by atoms with Crippen molar-refractivity contribution < 1.29 is 9.53 Å². The second-order valence-electron chi connectivity index (χ2n) is 6.97. The minimum Gasteiger partial charge on any atom is -0.363 e. The normalized spacial score (nSPS) is 25.0. The van der Waals surface area contributed by atoms with Gasteiger partial charge in [-0.3, -0.25) is 9.78 Å². The van der Waals surface area contributed by atoms with E-state index in [0.29, 0.717) is 12.5 Å². The Bertz CT molecular complexity index is 752. The fourth-order valence-corrected chi connectivity index (χ4v) is 3.66. The molecule has 0 unspecified atom stereocenters. The van der Waals surface area contributed by atoms with Crippen molar-refractivity contribution in [2.45, 2.75) is 38.5 Å². The Morgan fingerprint density at radius 2 is 2.23 bits per heavy atom. The molecule has 26 heavy (non-hydrogen) atoms. The number of hydrogen-bond acceptors (Lipinski definition) is 6. The number of piperidine rings is 1. The van der Waals surface area contributed by atoms with E-state index >= 15 is 0 Å². The van der Waals surface area contributed by atoms with E-state index in [2.05, 4.69) is 25.4 Å². The molecule has 4 rings (SSSR count). The third-order valence-corrected chi connectivity index (χ3v) is 5.12. The number of ether oxygens (including phenoxy) is 1. The summed E-state index contributed by atoms with van der Waals surface area (Å²) < 4.78 is 6.07. The van der Waals surface area contributed by atoms with Crippen LogP contribution in [0.2, 0.25) is 0 Å². The molecule has 2 aromatic rings. The Hall–Kier alpha value is -2.54. The van der Waals surface area contributed by atoms with E-state index in [0.717, 1.165) is 43.1 Å². The highest BCUT2D eigenvalue weighted by Crippen LogP contribution is 2.34. The van der Waals surface area contributed by atoms with E-state index in [4.69, 9.17) is 4.74 Å². The molecule has 7 nitrogen and oxygen atoms in total. The molecule has 2 saturated heterocycles. The van der Waals surface area contributed by atoms with Crippen LogP contribution in [0.25, 0.3) is 0 Å². The number of anilines is 1. The summed E-state index contributed by atoms with van der Waals surface area (Å²) in [6.45, 7) is 4.04. The molecule has 7 heteroatoms. The van der Waals surface area contributed by atoms with Crippen LogP contribution in [-0.4, -0.2) is 46.4 Å². The molecule has 3 atom stereocenters. The van der Waals surface area contributed by atoms with E-state index in [1.54, 1.807) is 6.20 Å². The summed E-state index contributed by atoms with van der Waals surface area (Å²) in [7, 11) is 0. The van der Waals surface area contributed by atoms with Crippen LogP contribution in [0, 0.1) is 12.8 Å². The van der Waals surface area contributed by atoms with Gasteiger partial charge in [0.25, 0.3) is 0 Å². The summed E-state index contributed by atoms with van der Waals surface area (Å²) in [5.74, 6) is 1.25. The number of pyridine rings is 1. The van der Waals surface area contributed by atoms with Crippen LogP contribution in [0.3, 0.4) is 0 Å². The van der Waals surface area contributed by atoms with Crippen molar-refractivity contribution in [1.82, 2.24) is 20.5 Å². The Morgan fingerprint density at radius 3 is 3.00 bits per heavy atom. The number of nitrogens with zero attached hydrogens (tertiary/aromatic N) is 4. The van der Waals surface area contributed by atoms with Crippen molar-refractivity contribution in [2.24, 2.45) is 5.92 Å². The topological polar surface area (TPSA) is 80.2 Å². The number of fused-ring (bicyclic) bond motifs is 1. The highest BCUT2D eigenvalue weighted by atomic mass is 16.5. The summed E-state index contributed by atoms with van der Waals surface area (Å²) in [5, 5.41) is 11.3. The van der Waals surface area contributed by atoms with Crippen molar-refractivity contribution in [2.75, 3.05) is 18.0 Å². The molecule has 2 aliphatic rings. The smallest absolute Gasteiger partial charge is 0.249 e. The molecular formula is C19H23N5O2. The Morgan fingerprint density at radius 1 is 1.31 bits per heavy atom. The van der Waals surface area contributed by atoms with Crippen molar-refractivity contribution in [1.29, 1.82) is 0 Å². The average molecular weight is 353 g/mol. The summed E-state index contributed by atoms with van der Waals surface area (Å²) >= 11 is 0. The average Bonchev–Trinajstić information content (AvgIpc) is 3.11. The number of aromatic nitrogens is 3. The van der Waals surface area contributed by atoms with Gasteiger partial charge in [-0.15, -0.1) is 5.10 Å². The second-order valence-corrected chi connectivity index (χ2v) is 6.97. The van der Waals surface area contributed by atoms with E-state index in [-0.39, 0.29) is 18.1 Å². The van der Waals surface area contributed by atoms with Gasteiger partial charge < -0.3 is 15.0 Å². The maximum absolute atomic E-state index is 12.5. The van der Waals surface area contributed by atoms with Crippen molar-refractivity contribution in [3.05, 3.63) is 47.9 Å². The van der Waals surface area contributed by atoms with E-state index < -0.39 is 0 Å². The molecular weight excluding hydrogens is 330 g/mol. The molecule has 2 fully saturated rings. The number of rotatable bonds is 4. The Labute approximate surface area is 152 Å². The molecule has 0 aromatic carbocycles. The molecule has 0 radical (unpaired) electrons. The van der Waals surface area contributed by atoms with Gasteiger partial charge in [-0.2, -0.15) is 5.10 Å². The summed E-state index contributed by atoms with van der Waals surface area (Å²) in [5.41, 5.74) is 1.76. The first-order valence-corrected chi connectivity index (χ1v) is 9.07. The van der Waals surface area contributed by atoms with Crippen LogP contribution >= 0.6 is 0 Å². The lowest BCUT2D eigenvalue weighted by Gasteiger charge is -2.34. The number of carbonyl (C=O) groups is 1. The maximum Gasteiger partial charge on any atom is 0.249 e. The number of amides is 1. The van der Waals surface area contributed by atoms with Gasteiger partial charge in [-0.1, -0.05) is 6.07 Å². The first kappa shape index (κ1) is 16.9. The lowest BCUT2D eigenvalue weighted by Crippen LogP contribution is -2.43. The third-order valence-electron chi connectivity index (χ3n) is 5.12. The molecule has 0 saturated carbocycles. The molecule has 2 aliphatic heterocycles. The molecule has 0 bridgehead atoms. The molecule has 2 aromatic heterocycles. The van der Waals surface area contributed by atoms with Crippen molar-refractivity contribution >= 4 is 11.7 Å². The van der Waals surface area contributed by atoms with Crippen LogP contribution in [0.15, 0.2) is 36.5 Å². The van der Waals surface area contributed by atoms with E-state index in [1.165, 1.54) is 0 Å². The van der Waals surface area contributed by atoms with Crippen LogP contribution < -0.4 is 10.2 Å². The number of aryl methyl sites for hydroxylation is 1. The SMILES string of the molecule is Cc1ccc(N2CC[C@@H]3C[C@@H](C(=O)NCc4ccccn4)O[C@H]3C2)nn1. The number of carbonyl (C=O) groups excluding carboxylic acids is 1. The fraction of sp³-hybridized carbons (Fsp3) is 0.474. The van der Waals surface area contributed by atoms with Gasteiger partial charge >= 0.3 is 0 Å². The first-order chi connectivity index (χ1) is 12.7. The van der Waals surface area contributed by atoms with Crippen LogP contribution in [-0.2, 0) is 16.1 Å². The minimum atomic E-state index is -0.377. The van der Waals surface area contributed by atoms with Gasteiger partial charge in [0.1, 0.15) is 6.10 Å². The van der Waals surface area contributed by atoms with Gasteiger partial charge in [-0.05, 0) is 49.9 Å². The van der Waals surface area contributed by atoms with Gasteiger partial charge in [0.2, 0.25) is 5.91 Å². The van der Waals surface area contributed by atoms with Crippen LogP contribution in [0.5, 0.6) is 0 Å². The highest BCUT2D eigenvalue weighted by molar-refractivity contribution is 5.81. The zero-order valence-electron chi connectivity index (χ0n) is 14.8. The van der Waals surface area contributed by atoms with Gasteiger partial charge in [0.05, 0.1) is 24.0 Å². The second kappa shape index (κ2) is 7.37. The van der Waals surface area contributed by atoms with Gasteiger partial charge in [0, 0.05) is 19.3 Å². The van der Waals surface area contributed by atoms with Crippen LogP contribution in [0.1, 0.15) is 24.2 Å². The fourth-order valence-electron chi connectivity index (χ4n) is 3.66. The molecule has 136 valence electrons. The Kier molecular flexibility index (Phi) is 4.79. The molecule has 0 aliphatic carbocycles. The molecule has 4 heterocycles. The summed E-state index contributed by atoms with van der Waals surface area (Å²) in [6.07, 6.45) is 3.20. The zero-order chi connectivity index (χ0) is 17.9. The van der Waals surface area contributed by atoms with Crippen molar-refractivity contribution in [3.63, 3.8) is 0 Å². The summed E-state index contributed by atoms with van der Waals surface area (Å²) in [4.78, 5) is 18.9. The first-order valence-electron chi connectivity index (χ1n) is 9.07.